The number of amidine groups is 1. The van der Waals surface area contributed by atoms with Crippen LogP contribution < -0.4 is 10.7 Å². The molecule has 5 heteroatoms. The number of hydrazine groups is 1. The van der Waals surface area contributed by atoms with Crippen LogP contribution in [0.5, 0.6) is 0 Å². The molecule has 0 spiro atoms. The number of rotatable bonds is 4. The number of anilines is 2. The number of nitrogens with one attached hydrogen (secondary N) is 3. The van der Waals surface area contributed by atoms with Gasteiger partial charge in [-0.1, -0.05) is 48.5 Å². The van der Waals surface area contributed by atoms with Crippen LogP contribution in [0.4, 0.5) is 11.4 Å². The Labute approximate surface area is 164 Å². The minimum Gasteiger partial charge on any atom is -0.355 e. The number of amides is 1. The van der Waals surface area contributed by atoms with Crippen LogP contribution in [0.1, 0.15) is 32.6 Å². The van der Waals surface area contributed by atoms with Gasteiger partial charge in [0.2, 0.25) is 0 Å². The second kappa shape index (κ2) is 7.19. The van der Waals surface area contributed by atoms with E-state index in [9.17, 15) is 4.79 Å². The van der Waals surface area contributed by atoms with Crippen molar-refractivity contribution in [2.75, 3.05) is 5.32 Å². The molecule has 0 aromatic heterocycles. The number of para-hydroxylation sites is 1. The van der Waals surface area contributed by atoms with E-state index < -0.39 is 0 Å². The van der Waals surface area contributed by atoms with Crippen molar-refractivity contribution in [1.29, 1.82) is 5.41 Å². The van der Waals surface area contributed by atoms with Gasteiger partial charge < -0.3 is 5.32 Å². The number of hydrogen-bond acceptors (Lipinski definition) is 3. The molecule has 1 amide bonds. The normalized spacial score (nSPS) is 12.6. The maximum atomic E-state index is 13.0. The first kappa shape index (κ1) is 17.8. The highest BCUT2D eigenvalue weighted by Gasteiger charge is 2.26. The van der Waals surface area contributed by atoms with Crippen LogP contribution >= 0.6 is 0 Å². The quantitative estimate of drug-likeness (QED) is 0.632. The van der Waals surface area contributed by atoms with Crippen molar-refractivity contribution in [2.45, 2.75) is 20.4 Å². The Hall–Kier alpha value is -3.60. The monoisotopic (exact) mass is 370 g/mol. The molecule has 1 heterocycles. The molecule has 0 bridgehead atoms. The van der Waals surface area contributed by atoms with E-state index in [1.165, 1.54) is 5.56 Å². The predicted octanol–water partition coefficient (Wildman–Crippen LogP) is 4.53. The van der Waals surface area contributed by atoms with Crippen LogP contribution in [0.15, 0.2) is 66.7 Å². The third-order valence-corrected chi connectivity index (χ3v) is 5.15. The van der Waals surface area contributed by atoms with Crippen LogP contribution in [0, 0.1) is 19.3 Å². The Bertz CT molecular complexity index is 1070. The van der Waals surface area contributed by atoms with Gasteiger partial charge in [0.25, 0.3) is 5.91 Å². The number of fused-ring (bicyclic) bond motifs is 1. The van der Waals surface area contributed by atoms with Gasteiger partial charge in [0.05, 0.1) is 17.8 Å². The third kappa shape index (κ3) is 3.22. The molecule has 1 aliphatic heterocycles. The maximum Gasteiger partial charge on any atom is 0.271 e. The highest BCUT2D eigenvalue weighted by Crippen LogP contribution is 2.26. The van der Waals surface area contributed by atoms with Crippen LogP contribution in [-0.2, 0) is 6.54 Å². The van der Waals surface area contributed by atoms with Gasteiger partial charge >= 0.3 is 0 Å². The van der Waals surface area contributed by atoms with E-state index in [0.717, 1.165) is 28.1 Å². The summed E-state index contributed by atoms with van der Waals surface area (Å²) in [6, 6.07) is 21.2. The Kier molecular flexibility index (Phi) is 4.57. The molecular weight excluding hydrogens is 348 g/mol. The molecule has 5 nitrogen and oxygen atoms in total. The molecule has 3 N–H and O–H groups in total. The summed E-state index contributed by atoms with van der Waals surface area (Å²) in [6.07, 6.45) is 0. The molecule has 0 fully saturated rings. The zero-order chi connectivity index (χ0) is 19.7. The fourth-order valence-electron chi connectivity index (χ4n) is 3.38. The minimum absolute atomic E-state index is 0.244. The Morgan fingerprint density at radius 3 is 2.46 bits per heavy atom. The molecule has 0 saturated heterocycles. The molecule has 0 aliphatic carbocycles. The van der Waals surface area contributed by atoms with E-state index in [1.54, 1.807) is 11.1 Å². The summed E-state index contributed by atoms with van der Waals surface area (Å²) in [7, 11) is 0. The largest absolute Gasteiger partial charge is 0.355 e. The Balaban J connectivity index is 1.56. The summed E-state index contributed by atoms with van der Waals surface area (Å²) in [5, 5.41) is 13.3. The summed E-state index contributed by atoms with van der Waals surface area (Å²) in [5.74, 6) is 0.0647. The minimum atomic E-state index is -0.244. The van der Waals surface area contributed by atoms with Gasteiger partial charge in [-0.3, -0.25) is 20.6 Å². The summed E-state index contributed by atoms with van der Waals surface area (Å²) in [5.41, 5.74) is 9.34. The molecule has 0 unspecified atom stereocenters. The van der Waals surface area contributed by atoms with E-state index in [2.05, 4.69) is 30.7 Å². The molecule has 1 aliphatic rings. The van der Waals surface area contributed by atoms with Crippen LogP contribution in [0.25, 0.3) is 0 Å². The maximum absolute atomic E-state index is 13.0. The lowest BCUT2D eigenvalue weighted by Gasteiger charge is -2.20. The summed E-state index contributed by atoms with van der Waals surface area (Å²) in [4.78, 5) is 13.0. The summed E-state index contributed by atoms with van der Waals surface area (Å²) >= 11 is 0. The fourth-order valence-corrected chi connectivity index (χ4v) is 3.38. The van der Waals surface area contributed by atoms with Crippen molar-refractivity contribution < 1.29 is 4.79 Å². The number of aryl methyl sites for hydroxylation is 1. The first-order valence-electron chi connectivity index (χ1n) is 9.22. The number of benzene rings is 3. The topological polar surface area (TPSA) is 68.2 Å². The first-order valence-corrected chi connectivity index (χ1v) is 9.22. The van der Waals surface area contributed by atoms with Gasteiger partial charge in [0.15, 0.2) is 0 Å². The molecule has 0 saturated carbocycles. The summed E-state index contributed by atoms with van der Waals surface area (Å²) < 4.78 is 0. The standard InChI is InChI=1S/C23H22N4O/c1-15-8-7-13-20(16(15)2)25-21-12-6-5-11-19(21)23(28)26-27-14-17-9-3-4-10-18(17)22(27)24/h3-13,24-25H,14H2,1-2H3,(H,26,28). The van der Waals surface area contributed by atoms with Crippen molar-refractivity contribution in [3.63, 3.8) is 0 Å². The Morgan fingerprint density at radius 1 is 0.929 bits per heavy atom. The van der Waals surface area contributed by atoms with E-state index in [4.69, 9.17) is 5.41 Å². The SMILES string of the molecule is Cc1cccc(Nc2ccccc2C(=O)NN2Cc3ccccc3C2=N)c1C. The second-order valence-electron chi connectivity index (χ2n) is 6.95. The number of nitrogens with zero attached hydrogens (tertiary/aromatic N) is 1. The van der Waals surface area contributed by atoms with Gasteiger partial charge in [-0.25, -0.2) is 0 Å². The average Bonchev–Trinajstić information content (AvgIpc) is 3.01. The fraction of sp³-hybridized carbons (Fsp3) is 0.130. The van der Waals surface area contributed by atoms with E-state index >= 15 is 0 Å². The second-order valence-corrected chi connectivity index (χ2v) is 6.95. The number of hydrogen-bond donors (Lipinski definition) is 3. The first-order chi connectivity index (χ1) is 13.5. The van der Waals surface area contributed by atoms with Crippen molar-refractivity contribution >= 4 is 23.1 Å². The lowest BCUT2D eigenvalue weighted by atomic mass is 10.1. The van der Waals surface area contributed by atoms with Crippen molar-refractivity contribution in [3.8, 4) is 0 Å². The molecule has 3 aromatic rings. The molecular formula is C23H22N4O. The zero-order valence-corrected chi connectivity index (χ0v) is 15.9. The van der Waals surface area contributed by atoms with Gasteiger partial charge in [-0.2, -0.15) is 0 Å². The van der Waals surface area contributed by atoms with E-state index in [-0.39, 0.29) is 5.91 Å². The molecule has 4 rings (SSSR count). The Morgan fingerprint density at radius 2 is 1.64 bits per heavy atom. The highest BCUT2D eigenvalue weighted by atomic mass is 16.2. The molecule has 28 heavy (non-hydrogen) atoms. The number of carbonyl (C=O) groups is 1. The van der Waals surface area contributed by atoms with Gasteiger partial charge in [0.1, 0.15) is 5.84 Å². The summed E-state index contributed by atoms with van der Waals surface area (Å²) in [6.45, 7) is 4.62. The lowest BCUT2D eigenvalue weighted by Crippen LogP contribution is -2.42. The van der Waals surface area contributed by atoms with E-state index in [1.807, 2.05) is 54.6 Å². The van der Waals surface area contributed by atoms with Crippen LogP contribution in [-0.4, -0.2) is 16.8 Å². The third-order valence-electron chi connectivity index (χ3n) is 5.15. The van der Waals surface area contributed by atoms with Crippen LogP contribution in [0.2, 0.25) is 0 Å². The smallest absolute Gasteiger partial charge is 0.271 e. The molecule has 3 aromatic carbocycles. The van der Waals surface area contributed by atoms with Crippen molar-refractivity contribution in [2.24, 2.45) is 0 Å². The van der Waals surface area contributed by atoms with Crippen LogP contribution in [0.3, 0.4) is 0 Å². The van der Waals surface area contributed by atoms with Gasteiger partial charge in [-0.15, -0.1) is 0 Å². The predicted molar refractivity (Wildman–Crippen MR) is 112 cm³/mol. The van der Waals surface area contributed by atoms with E-state index in [0.29, 0.717) is 17.9 Å². The average molecular weight is 370 g/mol. The zero-order valence-electron chi connectivity index (χ0n) is 15.9. The van der Waals surface area contributed by atoms with Crippen molar-refractivity contribution in [3.05, 3.63) is 94.5 Å². The molecule has 0 radical (unpaired) electrons. The molecule has 0 atom stereocenters. The van der Waals surface area contributed by atoms with Gasteiger partial charge in [0, 0.05) is 11.3 Å². The van der Waals surface area contributed by atoms with Crippen molar-refractivity contribution in [1.82, 2.24) is 10.4 Å². The van der Waals surface area contributed by atoms with Gasteiger partial charge in [-0.05, 0) is 48.7 Å². The highest BCUT2D eigenvalue weighted by molar-refractivity contribution is 6.04. The number of carbonyl (C=O) groups excluding carboxylic acids is 1. The lowest BCUT2D eigenvalue weighted by molar-refractivity contribution is 0.0870. The molecule has 140 valence electrons.